The second-order valence-corrected chi connectivity index (χ2v) is 9.23. The molecule has 2 amide bonds. The first kappa shape index (κ1) is 29.0. The quantitative estimate of drug-likeness (QED) is 0.271. The molecule has 13 nitrogen and oxygen atoms in total. The Bertz CT molecular complexity index is 1610. The molecule has 0 radical (unpaired) electrons. The number of rotatable bonds is 9. The highest BCUT2D eigenvalue weighted by molar-refractivity contribution is 5.97. The number of ether oxygens (including phenoxy) is 2. The minimum absolute atomic E-state index is 0.0125. The zero-order chi connectivity index (χ0) is 29.7. The van der Waals surface area contributed by atoms with E-state index in [9.17, 15) is 28.8 Å². The van der Waals surface area contributed by atoms with Crippen LogP contribution < -0.4 is 26.6 Å². The van der Waals surface area contributed by atoms with Gasteiger partial charge in [-0.25, -0.2) is 4.79 Å². The van der Waals surface area contributed by atoms with Crippen LogP contribution in [0.1, 0.15) is 54.2 Å². The highest BCUT2D eigenvalue weighted by atomic mass is 16.7. The van der Waals surface area contributed by atoms with E-state index in [1.54, 1.807) is 24.3 Å². The number of esters is 1. The Kier molecular flexibility index (Phi) is 8.78. The lowest BCUT2D eigenvalue weighted by Gasteiger charge is -2.22. The van der Waals surface area contributed by atoms with Crippen molar-refractivity contribution in [2.45, 2.75) is 25.6 Å². The van der Waals surface area contributed by atoms with Crippen LogP contribution in [0.4, 0.5) is 0 Å². The maximum atomic E-state index is 13.3. The predicted molar refractivity (Wildman–Crippen MR) is 144 cm³/mol. The van der Waals surface area contributed by atoms with Crippen molar-refractivity contribution in [3.8, 4) is 0 Å². The molecule has 1 saturated heterocycles. The molecule has 1 fully saturated rings. The van der Waals surface area contributed by atoms with E-state index >= 15 is 0 Å². The van der Waals surface area contributed by atoms with Gasteiger partial charge in [-0.05, 0) is 36.8 Å². The summed E-state index contributed by atoms with van der Waals surface area (Å²) in [6, 6.07) is 12.6. The Labute approximate surface area is 233 Å². The Morgan fingerprint density at radius 3 is 2.05 bits per heavy atom. The van der Waals surface area contributed by atoms with Crippen molar-refractivity contribution >= 4 is 23.6 Å². The molecule has 0 spiro atoms. The molecule has 3 heterocycles. The third kappa shape index (κ3) is 6.25. The van der Waals surface area contributed by atoms with Gasteiger partial charge < -0.3 is 29.5 Å². The Hall–Kier alpha value is -5.04. The predicted octanol–water partition coefficient (Wildman–Crippen LogP) is 0.0922. The molecule has 0 aliphatic carbocycles. The number of amides is 2. The molecule has 214 valence electrons. The first-order valence-corrected chi connectivity index (χ1v) is 12.5. The van der Waals surface area contributed by atoms with E-state index in [-0.39, 0.29) is 42.3 Å². The zero-order valence-electron chi connectivity index (χ0n) is 22.5. The summed E-state index contributed by atoms with van der Waals surface area (Å²) in [6.45, 7) is 1.30. The normalized spacial score (nSPS) is 16.1. The average Bonchev–Trinajstić information content (AvgIpc) is 3.39. The van der Waals surface area contributed by atoms with Crippen LogP contribution in [-0.2, 0) is 23.1 Å². The fourth-order valence-electron chi connectivity index (χ4n) is 4.25. The maximum absolute atomic E-state index is 13.3. The summed E-state index contributed by atoms with van der Waals surface area (Å²) in [6.07, 6.45) is 0. The molecule has 1 aliphatic heterocycles. The van der Waals surface area contributed by atoms with Crippen LogP contribution in [0.5, 0.6) is 0 Å². The third-order valence-electron chi connectivity index (χ3n) is 6.51. The summed E-state index contributed by atoms with van der Waals surface area (Å²) in [5, 5.41) is 5.47. The van der Waals surface area contributed by atoms with Crippen molar-refractivity contribution in [3.63, 3.8) is 0 Å². The number of aromatic nitrogens is 2. The molecule has 1 aliphatic rings. The molecule has 2 N–H and O–H groups in total. The van der Waals surface area contributed by atoms with Gasteiger partial charge >= 0.3 is 5.97 Å². The number of Topliss-reactive ketones (excluding diaryl/α,β-unsaturated/α-hetero) is 1. The summed E-state index contributed by atoms with van der Waals surface area (Å²) in [5.41, 5.74) is -1.34. The van der Waals surface area contributed by atoms with Gasteiger partial charge in [-0.3, -0.25) is 24.0 Å². The second kappa shape index (κ2) is 12.4. The van der Waals surface area contributed by atoms with E-state index in [4.69, 9.17) is 9.57 Å². The standard InChI is InChI=1S/C28H28N4O9/c1-16(33)18-9-11-22(31(2)26(18)36)24(34)29-20-14-40-15-21(20)30-25(35)23-12-10-19(28(38)39-3)27(37)32(23)41-13-17-7-5-4-6-8-17/h4-12,20-21H,13-15H2,1-3H3,(H,29,34)(H,30,35)/t20-,21+/m1/s1. The van der Waals surface area contributed by atoms with Gasteiger partial charge in [0.15, 0.2) is 5.78 Å². The Morgan fingerprint density at radius 2 is 1.44 bits per heavy atom. The van der Waals surface area contributed by atoms with Gasteiger partial charge in [0, 0.05) is 7.05 Å². The fraction of sp³-hybridized carbons (Fsp3) is 0.286. The van der Waals surface area contributed by atoms with Crippen molar-refractivity contribution < 1.29 is 33.5 Å². The molecule has 0 saturated carbocycles. The van der Waals surface area contributed by atoms with Crippen LogP contribution in [-0.4, -0.2) is 65.3 Å². The van der Waals surface area contributed by atoms with Gasteiger partial charge in [0.25, 0.3) is 22.9 Å². The zero-order valence-corrected chi connectivity index (χ0v) is 22.5. The number of carbonyl (C=O) groups excluding carboxylic acids is 4. The topological polar surface area (TPSA) is 164 Å². The first-order chi connectivity index (χ1) is 19.6. The largest absolute Gasteiger partial charge is 0.465 e. The van der Waals surface area contributed by atoms with Gasteiger partial charge in [0.05, 0.1) is 38.0 Å². The van der Waals surface area contributed by atoms with Crippen molar-refractivity contribution in [3.05, 3.63) is 103 Å². The molecule has 1 aromatic carbocycles. The van der Waals surface area contributed by atoms with Crippen molar-refractivity contribution in [2.75, 3.05) is 20.3 Å². The number of benzene rings is 1. The van der Waals surface area contributed by atoms with Gasteiger partial charge in [0.2, 0.25) is 0 Å². The van der Waals surface area contributed by atoms with Crippen LogP contribution in [0.15, 0.2) is 64.2 Å². The minimum atomic E-state index is -0.892. The van der Waals surface area contributed by atoms with Crippen LogP contribution in [0.3, 0.4) is 0 Å². The SMILES string of the molecule is COC(=O)c1ccc(C(=O)N[C@H]2COC[C@H]2NC(=O)c2ccc(C(C)=O)c(=O)n2C)n(OCc2ccccc2)c1=O. The monoisotopic (exact) mass is 564 g/mol. The summed E-state index contributed by atoms with van der Waals surface area (Å²) in [4.78, 5) is 81.2. The third-order valence-corrected chi connectivity index (χ3v) is 6.51. The van der Waals surface area contributed by atoms with E-state index in [1.807, 2.05) is 6.07 Å². The lowest BCUT2D eigenvalue weighted by Crippen LogP contribution is -2.52. The van der Waals surface area contributed by atoms with Gasteiger partial charge in [-0.1, -0.05) is 30.3 Å². The number of hydrogen-bond acceptors (Lipinski definition) is 9. The minimum Gasteiger partial charge on any atom is -0.465 e. The molecule has 4 rings (SSSR count). The lowest BCUT2D eigenvalue weighted by atomic mass is 10.1. The van der Waals surface area contributed by atoms with Crippen LogP contribution in [0.2, 0.25) is 0 Å². The molecule has 41 heavy (non-hydrogen) atoms. The van der Waals surface area contributed by atoms with Gasteiger partial charge in [0.1, 0.15) is 23.6 Å². The molecule has 13 heteroatoms. The molecule has 2 atom stereocenters. The number of pyridine rings is 2. The number of hydrogen-bond donors (Lipinski definition) is 2. The lowest BCUT2D eigenvalue weighted by molar-refractivity contribution is 0.0561. The number of nitrogens with zero attached hydrogens (tertiary/aromatic N) is 2. The van der Waals surface area contributed by atoms with E-state index in [1.165, 1.54) is 38.2 Å². The molecule has 0 unspecified atom stereocenters. The molecule has 2 aromatic heterocycles. The molecule has 0 bridgehead atoms. The van der Waals surface area contributed by atoms with Crippen molar-refractivity contribution in [1.82, 2.24) is 19.9 Å². The van der Waals surface area contributed by atoms with E-state index < -0.39 is 46.8 Å². The van der Waals surface area contributed by atoms with Crippen LogP contribution in [0, 0.1) is 0 Å². The highest BCUT2D eigenvalue weighted by Crippen LogP contribution is 2.10. The summed E-state index contributed by atoms with van der Waals surface area (Å²) >= 11 is 0. The highest BCUT2D eigenvalue weighted by Gasteiger charge is 2.33. The number of methoxy groups -OCH3 is 1. The summed E-state index contributed by atoms with van der Waals surface area (Å²) in [5.74, 6) is -2.65. The van der Waals surface area contributed by atoms with Crippen molar-refractivity contribution in [1.29, 1.82) is 0 Å². The molecular weight excluding hydrogens is 536 g/mol. The van der Waals surface area contributed by atoms with E-state index in [0.29, 0.717) is 5.56 Å². The Morgan fingerprint density at radius 1 is 0.854 bits per heavy atom. The van der Waals surface area contributed by atoms with E-state index in [2.05, 4.69) is 15.4 Å². The number of nitrogens with one attached hydrogen (secondary N) is 2. The van der Waals surface area contributed by atoms with Crippen molar-refractivity contribution in [2.24, 2.45) is 7.05 Å². The van der Waals surface area contributed by atoms with E-state index in [0.717, 1.165) is 16.4 Å². The second-order valence-electron chi connectivity index (χ2n) is 9.23. The Balaban J connectivity index is 1.54. The smallest absolute Gasteiger partial charge is 0.343 e. The number of ketones is 1. The maximum Gasteiger partial charge on any atom is 0.343 e. The molecular formula is C28H28N4O9. The van der Waals surface area contributed by atoms with Gasteiger partial charge in [-0.15, -0.1) is 4.73 Å². The average molecular weight is 565 g/mol. The molecule has 3 aromatic rings. The fourth-order valence-corrected chi connectivity index (χ4v) is 4.25. The summed E-state index contributed by atoms with van der Waals surface area (Å²) in [7, 11) is 2.50. The summed E-state index contributed by atoms with van der Waals surface area (Å²) < 4.78 is 11.9. The van der Waals surface area contributed by atoms with Gasteiger partial charge in [-0.2, -0.15) is 0 Å². The van der Waals surface area contributed by atoms with Crippen LogP contribution >= 0.6 is 0 Å². The number of carbonyl (C=O) groups is 4. The first-order valence-electron chi connectivity index (χ1n) is 12.5. The van der Waals surface area contributed by atoms with Crippen LogP contribution in [0.25, 0.3) is 0 Å².